The lowest BCUT2D eigenvalue weighted by Gasteiger charge is -2.23. The molecule has 0 fully saturated rings. The molecule has 0 aromatic carbocycles. The maximum atomic E-state index is 5.34. The first-order valence-electron chi connectivity index (χ1n) is 5.08. The Morgan fingerprint density at radius 2 is 1.77 bits per heavy atom. The third-order valence-electron chi connectivity index (χ3n) is 1.92. The van der Waals surface area contributed by atoms with Crippen molar-refractivity contribution in [1.82, 2.24) is 0 Å². The van der Waals surface area contributed by atoms with E-state index in [9.17, 15) is 0 Å². The molecule has 0 aliphatic heterocycles. The normalized spacial score (nSPS) is 17.1. The number of hydrogen-bond donors (Lipinski definition) is 0. The third-order valence-corrected chi connectivity index (χ3v) is 2.06. The Kier molecular flexibility index (Phi) is 6.06. The lowest BCUT2D eigenvalue weighted by molar-refractivity contribution is 0.107. The Hall–Kier alpha value is 0.310. The van der Waals surface area contributed by atoms with Crippen LogP contribution in [0.3, 0.4) is 0 Å². The molecule has 1 radical (unpaired) electrons. The van der Waals surface area contributed by atoms with E-state index in [1.807, 2.05) is 6.92 Å². The second-order valence-corrected chi connectivity index (χ2v) is 5.76. The molecule has 0 saturated heterocycles. The molecule has 79 valence electrons. The molecule has 0 bridgehead atoms. The first-order valence-corrected chi connectivity index (χ1v) is 5.56. The van der Waals surface area contributed by atoms with Crippen LogP contribution in [-0.4, -0.2) is 12.0 Å². The van der Waals surface area contributed by atoms with Crippen LogP contribution < -0.4 is 0 Å². The molecule has 0 N–H and O–H groups in total. The second kappa shape index (κ2) is 5.92. The van der Waals surface area contributed by atoms with Crippen molar-refractivity contribution in [3.63, 3.8) is 0 Å². The van der Waals surface area contributed by atoms with Crippen molar-refractivity contribution in [3.8, 4) is 0 Å². The first kappa shape index (κ1) is 13.3. The number of rotatable bonds is 5. The lowest BCUT2D eigenvalue weighted by Crippen LogP contribution is -2.13. The van der Waals surface area contributed by atoms with Crippen LogP contribution in [0, 0.1) is 11.3 Å². The predicted molar refractivity (Wildman–Crippen MR) is 60.9 cm³/mol. The van der Waals surface area contributed by atoms with Gasteiger partial charge in [-0.05, 0) is 31.1 Å². The minimum Gasteiger partial charge on any atom is -0.367 e. The molecule has 0 aromatic heterocycles. The van der Waals surface area contributed by atoms with Gasteiger partial charge in [0.15, 0.2) is 0 Å². The fraction of sp³-hybridized carbons (Fsp3) is 1.00. The van der Waals surface area contributed by atoms with Gasteiger partial charge in [-0.1, -0.05) is 40.3 Å². The fourth-order valence-electron chi connectivity index (χ4n) is 1.58. The predicted octanol–water partition coefficient (Wildman–Crippen LogP) is 4.01. The highest BCUT2D eigenvalue weighted by molar-refractivity contribution is 7.80. The fourth-order valence-corrected chi connectivity index (χ4v) is 1.68. The third kappa shape index (κ3) is 10.2. The Balaban J connectivity index is 3.46. The van der Waals surface area contributed by atoms with Gasteiger partial charge < -0.3 is 4.74 Å². The highest BCUT2D eigenvalue weighted by atomic mass is 32.1. The average Bonchev–Trinajstić information content (AvgIpc) is 1.81. The van der Waals surface area contributed by atoms with E-state index >= 15 is 0 Å². The minimum atomic E-state index is -0.0400. The molecule has 0 saturated carbocycles. The Morgan fingerprint density at radius 3 is 2.15 bits per heavy atom. The monoisotopic (exact) mass is 203 g/mol. The second-order valence-electron chi connectivity index (χ2n) is 5.10. The van der Waals surface area contributed by atoms with E-state index in [0.717, 1.165) is 18.9 Å². The summed E-state index contributed by atoms with van der Waals surface area (Å²) >= 11 is 4.92. The summed E-state index contributed by atoms with van der Waals surface area (Å²) in [5.74, 6) is 0.730. The number of hydrogen-bond acceptors (Lipinski definition) is 1. The molecular formula is C11H23OS. The molecule has 0 amide bonds. The van der Waals surface area contributed by atoms with E-state index < -0.39 is 0 Å². The van der Waals surface area contributed by atoms with E-state index in [4.69, 9.17) is 17.4 Å². The van der Waals surface area contributed by atoms with Crippen LogP contribution in [0.15, 0.2) is 0 Å². The van der Waals surface area contributed by atoms with Crippen LogP contribution in [0.25, 0.3) is 0 Å². The highest BCUT2D eigenvalue weighted by Gasteiger charge is 2.14. The van der Waals surface area contributed by atoms with Crippen LogP contribution >= 0.6 is 12.6 Å². The van der Waals surface area contributed by atoms with Crippen LogP contribution in [0.5, 0.6) is 0 Å². The average molecular weight is 203 g/mol. The van der Waals surface area contributed by atoms with Crippen molar-refractivity contribution in [2.24, 2.45) is 11.3 Å². The molecule has 0 spiro atoms. The van der Waals surface area contributed by atoms with Crippen molar-refractivity contribution >= 4 is 12.6 Å². The molecule has 0 heterocycles. The van der Waals surface area contributed by atoms with Gasteiger partial charge in [0.05, 0.1) is 0 Å². The van der Waals surface area contributed by atoms with Crippen LogP contribution in [0.2, 0.25) is 0 Å². The van der Waals surface area contributed by atoms with Gasteiger partial charge in [-0.3, -0.25) is 0 Å². The van der Waals surface area contributed by atoms with E-state index in [2.05, 4.69) is 27.7 Å². The molecule has 0 aliphatic carbocycles. The Bertz CT molecular complexity index is 127. The minimum absolute atomic E-state index is 0.0400. The molecule has 1 nitrogen and oxygen atoms in total. The summed E-state index contributed by atoms with van der Waals surface area (Å²) < 4.78 is 5.34. The largest absolute Gasteiger partial charge is 0.367 e. The Labute approximate surface area is 88.7 Å². The van der Waals surface area contributed by atoms with Crippen molar-refractivity contribution in [2.75, 3.05) is 6.61 Å². The van der Waals surface area contributed by atoms with Gasteiger partial charge in [-0.15, -0.1) is 0 Å². The van der Waals surface area contributed by atoms with Crippen LogP contribution in [-0.2, 0) is 4.74 Å². The van der Waals surface area contributed by atoms with Crippen molar-refractivity contribution in [3.05, 3.63) is 0 Å². The van der Waals surface area contributed by atoms with Crippen molar-refractivity contribution < 1.29 is 4.74 Å². The maximum absolute atomic E-state index is 5.34. The smallest absolute Gasteiger partial charge is 0.110 e. The molecular weight excluding hydrogens is 180 g/mol. The summed E-state index contributed by atoms with van der Waals surface area (Å²) in [5.41, 5.74) is 0.390. The van der Waals surface area contributed by atoms with Gasteiger partial charge in [-0.2, -0.15) is 0 Å². The van der Waals surface area contributed by atoms with Gasteiger partial charge >= 0.3 is 0 Å². The SMILES string of the molecule is CC(CCOC(C)[S])CC(C)(C)C. The molecule has 2 atom stereocenters. The van der Waals surface area contributed by atoms with Gasteiger partial charge in [0.25, 0.3) is 0 Å². The summed E-state index contributed by atoms with van der Waals surface area (Å²) in [6.07, 6.45) is 2.38. The molecule has 0 rings (SSSR count). The van der Waals surface area contributed by atoms with Gasteiger partial charge in [0.1, 0.15) is 5.44 Å². The Morgan fingerprint density at radius 1 is 1.23 bits per heavy atom. The van der Waals surface area contributed by atoms with E-state index in [1.165, 1.54) is 6.42 Å². The van der Waals surface area contributed by atoms with Gasteiger partial charge in [-0.25, -0.2) is 0 Å². The highest BCUT2D eigenvalue weighted by Crippen LogP contribution is 2.25. The standard InChI is InChI=1S/C11H23OS/c1-9(8-11(3,4)5)6-7-12-10(2)13/h9-10H,6-8H2,1-5H3. The summed E-state index contributed by atoms with van der Waals surface area (Å²) in [5, 5.41) is 0. The summed E-state index contributed by atoms with van der Waals surface area (Å²) in [4.78, 5) is 0. The maximum Gasteiger partial charge on any atom is 0.110 e. The zero-order valence-corrected chi connectivity index (χ0v) is 10.4. The zero-order chi connectivity index (χ0) is 10.5. The zero-order valence-electron chi connectivity index (χ0n) is 9.59. The quantitative estimate of drug-likeness (QED) is 0.656. The van der Waals surface area contributed by atoms with Gasteiger partial charge in [0.2, 0.25) is 0 Å². The number of ether oxygens (including phenoxy) is 1. The summed E-state index contributed by atoms with van der Waals surface area (Å²) in [6, 6.07) is 0. The summed E-state index contributed by atoms with van der Waals surface area (Å²) in [6.45, 7) is 11.8. The molecule has 2 unspecified atom stereocenters. The topological polar surface area (TPSA) is 9.23 Å². The van der Waals surface area contributed by atoms with Crippen molar-refractivity contribution in [1.29, 1.82) is 0 Å². The molecule has 0 aliphatic rings. The molecule has 13 heavy (non-hydrogen) atoms. The van der Waals surface area contributed by atoms with E-state index in [-0.39, 0.29) is 5.44 Å². The summed E-state index contributed by atoms with van der Waals surface area (Å²) in [7, 11) is 0. The van der Waals surface area contributed by atoms with E-state index in [1.54, 1.807) is 0 Å². The molecule has 0 aromatic rings. The lowest BCUT2D eigenvalue weighted by atomic mass is 9.84. The van der Waals surface area contributed by atoms with Crippen LogP contribution in [0.1, 0.15) is 47.5 Å². The van der Waals surface area contributed by atoms with Crippen molar-refractivity contribution in [2.45, 2.75) is 52.9 Å². The molecule has 2 heteroatoms. The van der Waals surface area contributed by atoms with Gasteiger partial charge in [0, 0.05) is 6.61 Å². The van der Waals surface area contributed by atoms with Crippen LogP contribution in [0.4, 0.5) is 0 Å². The van der Waals surface area contributed by atoms with E-state index in [0.29, 0.717) is 5.41 Å². The first-order chi connectivity index (χ1) is 5.81.